The van der Waals surface area contributed by atoms with Gasteiger partial charge in [0.1, 0.15) is 122 Å². The summed E-state index contributed by atoms with van der Waals surface area (Å²) >= 11 is 6.16. The highest BCUT2D eigenvalue weighted by molar-refractivity contribution is 6.32. The molecule has 0 radical (unpaired) electrons. The Balaban J connectivity index is 1.11. The molecule has 0 saturated carbocycles. The minimum absolute atomic E-state index is 0.269. The van der Waals surface area contributed by atoms with E-state index in [1.807, 2.05) is 0 Å². The monoisotopic (exact) mass is 983 g/mol. The first-order valence-electron chi connectivity index (χ1n) is 20.3. The van der Waals surface area contributed by atoms with Crippen LogP contribution in [0.25, 0.3) is 0 Å². The Morgan fingerprint density at radius 3 is 1.20 bits per heavy atom. The zero-order chi connectivity index (χ0) is 48.5. The number of rotatable bonds is 16. The highest BCUT2D eigenvalue weighted by Crippen LogP contribution is 2.37. The molecule has 30 heteroatoms. The molecular weight excluding hydrogens is 930 g/mol. The van der Waals surface area contributed by atoms with E-state index < -0.39 is 197 Å². The first-order chi connectivity index (χ1) is 31.3. The van der Waals surface area contributed by atoms with Crippen LogP contribution in [0, 0.1) is 10.1 Å². The van der Waals surface area contributed by atoms with Crippen LogP contribution in [0.15, 0.2) is 18.2 Å². The molecular formula is C36H54ClNO28. The number of benzene rings is 1. The Labute approximate surface area is 376 Å². The summed E-state index contributed by atoms with van der Waals surface area (Å²) in [6, 6.07) is 3.00. The van der Waals surface area contributed by atoms with Crippen LogP contribution in [0.4, 0.5) is 5.69 Å². The molecule has 6 rings (SSSR count). The summed E-state index contributed by atoms with van der Waals surface area (Å²) in [5.74, 6) is -0.269. The second-order valence-corrected chi connectivity index (χ2v) is 16.3. The molecule has 0 amide bonds. The lowest BCUT2D eigenvalue weighted by Gasteiger charge is -2.49. The van der Waals surface area contributed by atoms with Crippen LogP contribution in [-0.4, -0.2) is 273 Å². The van der Waals surface area contributed by atoms with Crippen molar-refractivity contribution in [2.75, 3.05) is 33.0 Å². The molecule has 5 aliphatic heterocycles. The number of hydrogen-bond donors (Lipinski definition) is 16. The Bertz CT molecular complexity index is 1720. The molecule has 0 aromatic heterocycles. The lowest BCUT2D eigenvalue weighted by Crippen LogP contribution is -2.68. The van der Waals surface area contributed by atoms with Gasteiger partial charge >= 0.3 is 0 Å². The van der Waals surface area contributed by atoms with Gasteiger partial charge in [0.2, 0.25) is 0 Å². The summed E-state index contributed by atoms with van der Waals surface area (Å²) < 4.78 is 55.8. The molecule has 16 N–H and O–H groups in total. The van der Waals surface area contributed by atoms with Crippen molar-refractivity contribution in [2.45, 2.75) is 154 Å². The molecule has 5 heterocycles. The predicted molar refractivity (Wildman–Crippen MR) is 203 cm³/mol. The van der Waals surface area contributed by atoms with Crippen LogP contribution in [0.5, 0.6) is 5.75 Å². The van der Waals surface area contributed by atoms with Crippen LogP contribution < -0.4 is 4.74 Å². The zero-order valence-electron chi connectivity index (χ0n) is 34.1. The molecule has 378 valence electrons. The van der Waals surface area contributed by atoms with E-state index in [1.165, 1.54) is 0 Å². The standard InChI is InChI=1S/C36H54ClNO28/c37-10-3-9(38(55)56)1-2-11(10)57-31-18(45)17(44)12(4-39)59-36(31)66-30-16(8-43)62-35(26(53)22(30)49)65-29-15(7-42)61-34(25(52)21(29)48)64-28-14(6-41)60-33(24(51)20(28)47)63-27-13(5-40)58-32(54)23(50)19(27)46/h1-3,12-36,39-54H,4-8H2/t12-,13-,14-,15-,16-,17-,18+,19-,20-,21-,22-,23-,24-,25-,26-,27-,28-,29-,30-,31-,32+,33-,34-,35-,36-/m1/s1. The first kappa shape index (κ1) is 53.1. The quantitative estimate of drug-likeness (QED) is 0.0540. The minimum Gasteiger partial charge on any atom is -0.481 e. The lowest BCUT2D eigenvalue weighted by molar-refractivity contribution is -0.392. The Morgan fingerprint density at radius 1 is 0.470 bits per heavy atom. The van der Waals surface area contributed by atoms with E-state index in [0.29, 0.717) is 0 Å². The molecule has 5 saturated heterocycles. The highest BCUT2D eigenvalue weighted by atomic mass is 35.5. The first-order valence-corrected chi connectivity index (χ1v) is 20.7. The topological polar surface area (TPSA) is 459 Å². The van der Waals surface area contributed by atoms with E-state index in [2.05, 4.69) is 0 Å². The molecule has 25 atom stereocenters. The second-order valence-electron chi connectivity index (χ2n) is 15.9. The van der Waals surface area contributed by atoms with E-state index in [0.717, 1.165) is 18.2 Å². The van der Waals surface area contributed by atoms with Gasteiger partial charge < -0.3 is 129 Å². The molecule has 66 heavy (non-hydrogen) atoms. The molecule has 0 spiro atoms. The number of ether oxygens (including phenoxy) is 10. The molecule has 5 fully saturated rings. The van der Waals surface area contributed by atoms with Crippen molar-refractivity contribution in [3.63, 3.8) is 0 Å². The Morgan fingerprint density at radius 2 is 0.818 bits per heavy atom. The van der Waals surface area contributed by atoms with Crippen molar-refractivity contribution in [3.8, 4) is 5.75 Å². The van der Waals surface area contributed by atoms with Crippen LogP contribution in [0.3, 0.4) is 0 Å². The Kier molecular flexibility index (Phi) is 18.2. The van der Waals surface area contributed by atoms with Crippen LogP contribution in [-0.2, 0) is 42.6 Å². The fourth-order valence-corrected chi connectivity index (χ4v) is 8.21. The SMILES string of the molecule is O=[N+]([O-])c1ccc(O[C@H]2[C@@H](O[C@H]3[C@H](O)[C@@H](O)[C@@H](O[C@H]4[C@H](O)[C@@H](O)[C@@H](O[C@H]5[C@H](O)[C@@H](O)[C@@H](O[C@H]6[C@H](O)[C@@H](O)[C@@H](O)O[C@@H]6CO)O[C@@H]5CO)O[C@@H]4CO)O[C@@H]3CO)O[C@H](CO)[C@@H](O)[C@@H]2O)c(Cl)c1. The van der Waals surface area contributed by atoms with Gasteiger partial charge in [0.05, 0.1) is 43.0 Å². The number of nitro groups is 1. The highest BCUT2D eigenvalue weighted by Gasteiger charge is 2.57. The average molecular weight is 984 g/mol. The van der Waals surface area contributed by atoms with Gasteiger partial charge in [-0.1, -0.05) is 11.6 Å². The molecule has 29 nitrogen and oxygen atoms in total. The fourth-order valence-electron chi connectivity index (χ4n) is 7.99. The largest absolute Gasteiger partial charge is 0.481 e. The van der Waals surface area contributed by atoms with E-state index in [9.17, 15) is 91.8 Å². The van der Waals surface area contributed by atoms with Gasteiger partial charge in [-0.3, -0.25) is 10.1 Å². The summed E-state index contributed by atoms with van der Waals surface area (Å²) in [4.78, 5) is 10.5. The Hall–Kier alpha value is -2.29. The van der Waals surface area contributed by atoms with Crippen LogP contribution in [0.1, 0.15) is 0 Å². The predicted octanol–water partition coefficient (Wildman–Crippen LogP) is -9.28. The smallest absolute Gasteiger partial charge is 0.271 e. The van der Waals surface area contributed by atoms with Crippen LogP contribution in [0.2, 0.25) is 5.02 Å². The number of hydrogen-bond acceptors (Lipinski definition) is 28. The van der Waals surface area contributed by atoms with Crippen LogP contribution >= 0.6 is 11.6 Å². The normalized spacial score (nSPS) is 46.8. The van der Waals surface area contributed by atoms with Crippen molar-refractivity contribution < 1.29 is 134 Å². The van der Waals surface area contributed by atoms with E-state index in [4.69, 9.17) is 59.0 Å². The maximum Gasteiger partial charge on any atom is 0.271 e. The summed E-state index contributed by atoms with van der Waals surface area (Å²) in [6.07, 6.45) is -46.9. The summed E-state index contributed by atoms with van der Waals surface area (Å²) in [6.45, 7) is -4.73. The van der Waals surface area contributed by atoms with Crippen molar-refractivity contribution >= 4 is 17.3 Å². The summed E-state index contributed by atoms with van der Waals surface area (Å²) in [5.41, 5.74) is -0.423. The second kappa shape index (κ2) is 22.6. The van der Waals surface area contributed by atoms with Crippen molar-refractivity contribution in [1.82, 2.24) is 0 Å². The lowest BCUT2D eigenvalue weighted by atomic mass is 9.95. The molecule has 0 bridgehead atoms. The van der Waals surface area contributed by atoms with Gasteiger partial charge in [0.15, 0.2) is 37.6 Å². The van der Waals surface area contributed by atoms with Gasteiger partial charge in [-0.05, 0) is 6.07 Å². The zero-order valence-corrected chi connectivity index (χ0v) is 34.8. The van der Waals surface area contributed by atoms with Gasteiger partial charge in [-0.15, -0.1) is 0 Å². The number of non-ortho nitro benzene ring substituents is 1. The number of nitrogens with zero attached hydrogens (tertiary/aromatic N) is 1. The maximum atomic E-state index is 11.3. The summed E-state index contributed by atoms with van der Waals surface area (Å²) in [7, 11) is 0. The molecule has 5 aliphatic rings. The number of halogens is 1. The molecule has 0 aliphatic carbocycles. The number of aliphatic hydroxyl groups excluding tert-OH is 16. The molecule has 1 aromatic carbocycles. The van der Waals surface area contributed by atoms with Gasteiger partial charge in [-0.25, -0.2) is 0 Å². The third-order valence-corrected chi connectivity index (χ3v) is 12.0. The maximum absolute atomic E-state index is 11.3. The number of aliphatic hydroxyl groups is 16. The van der Waals surface area contributed by atoms with E-state index in [-0.39, 0.29) is 10.8 Å². The third kappa shape index (κ3) is 10.9. The van der Waals surface area contributed by atoms with Crippen molar-refractivity contribution in [1.29, 1.82) is 0 Å². The van der Waals surface area contributed by atoms with Gasteiger partial charge in [-0.2, -0.15) is 0 Å². The van der Waals surface area contributed by atoms with E-state index in [1.54, 1.807) is 0 Å². The molecule has 1 aromatic rings. The van der Waals surface area contributed by atoms with Gasteiger partial charge in [0, 0.05) is 12.1 Å². The minimum atomic E-state index is -2.16. The number of nitro benzene ring substituents is 1. The summed E-state index contributed by atoms with van der Waals surface area (Å²) in [5, 5.41) is 180. The van der Waals surface area contributed by atoms with Crippen molar-refractivity contribution in [3.05, 3.63) is 33.3 Å². The van der Waals surface area contributed by atoms with E-state index >= 15 is 0 Å². The third-order valence-electron chi connectivity index (χ3n) is 11.7. The van der Waals surface area contributed by atoms with Crippen molar-refractivity contribution in [2.24, 2.45) is 0 Å². The fraction of sp³-hybridized carbons (Fsp3) is 0.833. The average Bonchev–Trinajstić information content (AvgIpc) is 3.30. The van der Waals surface area contributed by atoms with Gasteiger partial charge in [0.25, 0.3) is 5.69 Å². The molecule has 0 unspecified atom stereocenters.